The molecule has 0 amide bonds. The van der Waals surface area contributed by atoms with E-state index in [-0.39, 0.29) is 6.61 Å². The van der Waals surface area contributed by atoms with Gasteiger partial charge in [-0.3, -0.25) is 0 Å². The maximum absolute atomic E-state index is 10.1. The van der Waals surface area contributed by atoms with E-state index in [2.05, 4.69) is 0 Å². The SMILES string of the molecule is CCOc1ccc(Cc2cc(C[C@H](O)CC[C@H](O)CO)ccc2Cl)cc1. The molecule has 3 N–H and O–H groups in total. The number of aliphatic hydroxyl groups is 3. The number of halogens is 1. The Kier molecular flexibility index (Phi) is 8.39. The maximum Gasteiger partial charge on any atom is 0.119 e. The Morgan fingerprint density at radius 2 is 1.62 bits per heavy atom. The average molecular weight is 379 g/mol. The topological polar surface area (TPSA) is 69.9 Å². The molecule has 0 aromatic heterocycles. The third kappa shape index (κ3) is 6.61. The van der Waals surface area contributed by atoms with Gasteiger partial charge in [-0.25, -0.2) is 0 Å². The summed E-state index contributed by atoms with van der Waals surface area (Å²) in [4.78, 5) is 0. The minimum absolute atomic E-state index is 0.278. The average Bonchev–Trinajstić information content (AvgIpc) is 2.64. The quantitative estimate of drug-likeness (QED) is 0.593. The lowest BCUT2D eigenvalue weighted by molar-refractivity contribution is 0.0685. The number of benzene rings is 2. The van der Waals surface area contributed by atoms with Crippen molar-refractivity contribution in [2.75, 3.05) is 13.2 Å². The summed E-state index contributed by atoms with van der Waals surface area (Å²) < 4.78 is 5.46. The van der Waals surface area contributed by atoms with E-state index in [1.165, 1.54) is 0 Å². The van der Waals surface area contributed by atoms with E-state index in [1.54, 1.807) is 0 Å². The van der Waals surface area contributed by atoms with E-state index >= 15 is 0 Å². The largest absolute Gasteiger partial charge is 0.494 e. The molecule has 142 valence electrons. The van der Waals surface area contributed by atoms with E-state index < -0.39 is 12.2 Å². The number of ether oxygens (including phenoxy) is 1. The van der Waals surface area contributed by atoms with E-state index in [1.807, 2.05) is 49.4 Å². The van der Waals surface area contributed by atoms with Gasteiger partial charge in [-0.2, -0.15) is 0 Å². The predicted molar refractivity (Wildman–Crippen MR) is 104 cm³/mol. The Balaban J connectivity index is 2.00. The normalized spacial score (nSPS) is 13.4. The van der Waals surface area contributed by atoms with Crippen molar-refractivity contribution in [3.05, 3.63) is 64.2 Å². The summed E-state index contributed by atoms with van der Waals surface area (Å²) in [6.45, 7) is 2.32. The molecule has 26 heavy (non-hydrogen) atoms. The Morgan fingerprint density at radius 3 is 2.27 bits per heavy atom. The fraction of sp³-hybridized carbons (Fsp3) is 0.429. The minimum Gasteiger partial charge on any atom is -0.494 e. The molecule has 0 saturated carbocycles. The molecular formula is C21H27ClO4. The highest BCUT2D eigenvalue weighted by atomic mass is 35.5. The second-order valence-electron chi connectivity index (χ2n) is 6.45. The van der Waals surface area contributed by atoms with Crippen molar-refractivity contribution < 1.29 is 20.1 Å². The van der Waals surface area contributed by atoms with E-state index in [0.29, 0.717) is 37.3 Å². The number of aliphatic hydroxyl groups excluding tert-OH is 3. The van der Waals surface area contributed by atoms with Gasteiger partial charge in [0.05, 0.1) is 25.4 Å². The van der Waals surface area contributed by atoms with Crippen molar-refractivity contribution in [2.45, 2.75) is 44.8 Å². The highest BCUT2D eigenvalue weighted by molar-refractivity contribution is 6.31. The molecule has 0 heterocycles. The number of rotatable bonds is 10. The molecule has 5 heteroatoms. The van der Waals surface area contributed by atoms with Gasteiger partial charge in [-0.15, -0.1) is 0 Å². The lowest BCUT2D eigenvalue weighted by Crippen LogP contribution is -2.17. The number of hydrogen-bond acceptors (Lipinski definition) is 4. The molecule has 0 aliphatic carbocycles. The van der Waals surface area contributed by atoms with Crippen LogP contribution in [0.25, 0.3) is 0 Å². The second kappa shape index (κ2) is 10.5. The van der Waals surface area contributed by atoms with Crippen LogP contribution in [0.1, 0.15) is 36.5 Å². The van der Waals surface area contributed by atoms with Crippen LogP contribution in [-0.4, -0.2) is 40.7 Å². The van der Waals surface area contributed by atoms with Gasteiger partial charge in [0.15, 0.2) is 0 Å². The van der Waals surface area contributed by atoms with Gasteiger partial charge in [-0.05, 0) is 67.5 Å². The first-order chi connectivity index (χ1) is 12.5. The van der Waals surface area contributed by atoms with Crippen LogP contribution in [0.3, 0.4) is 0 Å². The van der Waals surface area contributed by atoms with Crippen molar-refractivity contribution in [1.29, 1.82) is 0 Å². The van der Waals surface area contributed by atoms with Crippen molar-refractivity contribution in [3.8, 4) is 5.75 Å². The zero-order chi connectivity index (χ0) is 18.9. The van der Waals surface area contributed by atoms with Crippen LogP contribution in [0.5, 0.6) is 5.75 Å². The molecule has 0 aliphatic heterocycles. The van der Waals surface area contributed by atoms with Gasteiger partial charge < -0.3 is 20.1 Å². The van der Waals surface area contributed by atoms with E-state index in [4.69, 9.17) is 21.4 Å². The molecule has 0 unspecified atom stereocenters. The van der Waals surface area contributed by atoms with Crippen molar-refractivity contribution in [2.24, 2.45) is 0 Å². The third-order valence-corrected chi connectivity index (χ3v) is 4.62. The first-order valence-corrected chi connectivity index (χ1v) is 9.35. The monoisotopic (exact) mass is 378 g/mol. The summed E-state index contributed by atoms with van der Waals surface area (Å²) in [5, 5.41) is 29.1. The Bertz CT molecular complexity index is 672. The lowest BCUT2D eigenvalue weighted by Gasteiger charge is -2.14. The minimum atomic E-state index is -0.773. The number of hydrogen-bond donors (Lipinski definition) is 3. The molecule has 2 rings (SSSR count). The van der Waals surface area contributed by atoms with Gasteiger partial charge in [-0.1, -0.05) is 35.9 Å². The maximum atomic E-state index is 10.1. The van der Waals surface area contributed by atoms with Crippen LogP contribution in [0, 0.1) is 0 Å². The van der Waals surface area contributed by atoms with Crippen LogP contribution in [-0.2, 0) is 12.8 Å². The summed E-state index contributed by atoms with van der Waals surface area (Å²) in [5.74, 6) is 0.851. The molecule has 0 fully saturated rings. The summed E-state index contributed by atoms with van der Waals surface area (Å²) in [5.41, 5.74) is 3.15. The fourth-order valence-electron chi connectivity index (χ4n) is 2.83. The standard InChI is InChI=1S/C21H27ClO4/c1-2-26-20-8-3-15(4-9-20)11-17-12-16(5-10-21(17)22)13-18(24)6-7-19(25)14-23/h3-5,8-10,12,18-19,23-25H,2,6-7,11,13-14H2,1H3/t18-,19+/m1/s1. The van der Waals surface area contributed by atoms with Crippen LogP contribution in [0.15, 0.2) is 42.5 Å². The van der Waals surface area contributed by atoms with Gasteiger partial charge >= 0.3 is 0 Å². The highest BCUT2D eigenvalue weighted by Gasteiger charge is 2.11. The van der Waals surface area contributed by atoms with Crippen LogP contribution >= 0.6 is 11.6 Å². The Morgan fingerprint density at radius 1 is 0.962 bits per heavy atom. The molecule has 2 atom stereocenters. The van der Waals surface area contributed by atoms with Crippen molar-refractivity contribution >= 4 is 11.6 Å². The van der Waals surface area contributed by atoms with E-state index in [0.717, 1.165) is 22.4 Å². The molecular weight excluding hydrogens is 352 g/mol. The zero-order valence-electron chi connectivity index (χ0n) is 15.1. The zero-order valence-corrected chi connectivity index (χ0v) is 15.8. The summed E-state index contributed by atoms with van der Waals surface area (Å²) in [6.07, 6.45) is 0.688. The molecule has 0 saturated heterocycles. The molecule has 2 aromatic rings. The van der Waals surface area contributed by atoms with Gasteiger partial charge in [0, 0.05) is 5.02 Å². The first-order valence-electron chi connectivity index (χ1n) is 8.97. The summed E-state index contributed by atoms with van der Waals surface area (Å²) in [6, 6.07) is 13.7. The first kappa shape index (κ1) is 20.7. The van der Waals surface area contributed by atoms with Gasteiger partial charge in [0.25, 0.3) is 0 Å². The predicted octanol–water partition coefficient (Wildman–Crippen LogP) is 3.37. The van der Waals surface area contributed by atoms with E-state index in [9.17, 15) is 10.2 Å². The molecule has 0 spiro atoms. The van der Waals surface area contributed by atoms with Crippen LogP contribution < -0.4 is 4.74 Å². The van der Waals surface area contributed by atoms with Crippen LogP contribution in [0.4, 0.5) is 0 Å². The molecule has 0 radical (unpaired) electrons. The second-order valence-corrected chi connectivity index (χ2v) is 6.86. The molecule has 4 nitrogen and oxygen atoms in total. The Hall–Kier alpha value is -1.59. The fourth-order valence-corrected chi connectivity index (χ4v) is 3.02. The summed E-state index contributed by atoms with van der Waals surface area (Å²) >= 11 is 6.34. The third-order valence-electron chi connectivity index (χ3n) is 4.25. The van der Waals surface area contributed by atoms with Crippen molar-refractivity contribution in [3.63, 3.8) is 0 Å². The van der Waals surface area contributed by atoms with Gasteiger partial charge in [0.2, 0.25) is 0 Å². The lowest BCUT2D eigenvalue weighted by atomic mass is 9.98. The van der Waals surface area contributed by atoms with Crippen LogP contribution in [0.2, 0.25) is 5.02 Å². The highest BCUT2D eigenvalue weighted by Crippen LogP contribution is 2.23. The summed E-state index contributed by atoms with van der Waals surface area (Å²) in [7, 11) is 0. The van der Waals surface area contributed by atoms with Crippen molar-refractivity contribution in [1.82, 2.24) is 0 Å². The Labute approximate surface area is 160 Å². The van der Waals surface area contributed by atoms with Gasteiger partial charge in [0.1, 0.15) is 5.75 Å². The molecule has 2 aromatic carbocycles. The molecule has 0 aliphatic rings. The smallest absolute Gasteiger partial charge is 0.119 e. The molecule has 0 bridgehead atoms.